The Hall–Kier alpha value is -1.79. The fraction of sp³-hybridized carbons (Fsp3) is 0. The van der Waals surface area contributed by atoms with Gasteiger partial charge >= 0.3 is 5.76 Å². The van der Waals surface area contributed by atoms with Gasteiger partial charge in [0.05, 0.1) is 16.3 Å². The fourth-order valence-corrected chi connectivity index (χ4v) is 1.36. The molecule has 0 aliphatic rings. The number of nitrogens with one attached hydrogen (secondary N) is 2. The highest BCUT2D eigenvalue weighted by Crippen LogP contribution is 2.27. The Morgan fingerprint density at radius 2 is 2.33 bits per heavy atom. The van der Waals surface area contributed by atoms with E-state index in [0.29, 0.717) is 16.3 Å². The Morgan fingerprint density at radius 1 is 1.53 bits per heavy atom. The number of nitrogens with zero attached hydrogens (tertiary/aromatic N) is 1. The van der Waals surface area contributed by atoms with Gasteiger partial charge in [-0.15, -0.1) is 5.10 Å². The Labute approximate surface area is 88.5 Å². The summed E-state index contributed by atoms with van der Waals surface area (Å²) in [6, 6.07) is 4.61. The van der Waals surface area contributed by atoms with E-state index in [1.807, 2.05) is 5.48 Å². The van der Waals surface area contributed by atoms with Gasteiger partial charge in [-0.05, 0) is 18.2 Å². The predicted molar refractivity (Wildman–Crippen MR) is 53.0 cm³/mol. The van der Waals surface area contributed by atoms with E-state index in [-0.39, 0.29) is 5.89 Å². The van der Waals surface area contributed by atoms with Crippen LogP contribution in [0.3, 0.4) is 0 Å². The molecule has 6 nitrogen and oxygen atoms in total. The second-order valence-electron chi connectivity index (χ2n) is 2.72. The normalized spacial score (nSPS) is 10.3. The van der Waals surface area contributed by atoms with Crippen LogP contribution in [0.4, 0.5) is 5.69 Å². The van der Waals surface area contributed by atoms with Crippen molar-refractivity contribution in [3.05, 3.63) is 33.8 Å². The van der Waals surface area contributed by atoms with Crippen molar-refractivity contribution in [3.8, 4) is 11.5 Å². The van der Waals surface area contributed by atoms with Crippen LogP contribution in [0.2, 0.25) is 5.02 Å². The van der Waals surface area contributed by atoms with Gasteiger partial charge in [-0.3, -0.25) is 10.7 Å². The van der Waals surface area contributed by atoms with Crippen LogP contribution in [-0.2, 0) is 0 Å². The third kappa shape index (κ3) is 1.85. The smallest absolute Gasteiger partial charge is 0.388 e. The first-order valence-corrected chi connectivity index (χ1v) is 4.34. The minimum absolute atomic E-state index is 0.106. The molecule has 0 saturated carbocycles. The van der Waals surface area contributed by atoms with Crippen molar-refractivity contribution in [2.75, 3.05) is 5.48 Å². The summed E-state index contributed by atoms with van der Waals surface area (Å²) in [5.41, 5.74) is 2.85. The zero-order chi connectivity index (χ0) is 10.8. The van der Waals surface area contributed by atoms with E-state index >= 15 is 0 Å². The molecule has 0 atom stereocenters. The Morgan fingerprint density at radius 3 is 2.87 bits per heavy atom. The molecule has 0 radical (unpaired) electrons. The Balaban J connectivity index is 2.49. The molecular formula is C8H6ClN3O3. The fourth-order valence-electron chi connectivity index (χ4n) is 1.10. The van der Waals surface area contributed by atoms with Crippen molar-refractivity contribution in [1.82, 2.24) is 10.2 Å². The Kier molecular flexibility index (Phi) is 2.44. The summed E-state index contributed by atoms with van der Waals surface area (Å²) in [5.74, 6) is -0.542. The number of aromatic amines is 1. The van der Waals surface area contributed by atoms with Gasteiger partial charge in [-0.1, -0.05) is 11.6 Å². The summed E-state index contributed by atoms with van der Waals surface area (Å²) in [6.45, 7) is 0. The molecule has 0 amide bonds. The van der Waals surface area contributed by atoms with E-state index in [4.69, 9.17) is 21.2 Å². The maximum Gasteiger partial charge on any atom is 0.434 e. The molecule has 78 valence electrons. The lowest BCUT2D eigenvalue weighted by Gasteiger charge is -2.01. The van der Waals surface area contributed by atoms with E-state index in [1.165, 1.54) is 6.07 Å². The minimum atomic E-state index is -0.648. The lowest BCUT2D eigenvalue weighted by atomic mass is 10.2. The SMILES string of the molecule is O=c1[nH]nc(-c2ccc(NO)cc2Cl)o1. The molecule has 0 unspecified atom stereocenters. The molecule has 0 fully saturated rings. The summed E-state index contributed by atoms with van der Waals surface area (Å²) in [6.07, 6.45) is 0. The van der Waals surface area contributed by atoms with E-state index in [1.54, 1.807) is 12.1 Å². The van der Waals surface area contributed by atoms with E-state index in [0.717, 1.165) is 0 Å². The van der Waals surface area contributed by atoms with Crippen molar-refractivity contribution >= 4 is 17.3 Å². The molecule has 0 saturated heterocycles. The zero-order valence-corrected chi connectivity index (χ0v) is 8.08. The standard InChI is InChI=1S/C8H6ClN3O3/c9-6-3-4(12-14)1-2-5(6)7-10-11-8(13)15-7/h1-3,12,14H,(H,11,13). The van der Waals surface area contributed by atoms with Gasteiger partial charge in [0.2, 0.25) is 0 Å². The second-order valence-corrected chi connectivity index (χ2v) is 3.13. The Bertz CT molecular complexity index is 534. The topological polar surface area (TPSA) is 91.2 Å². The monoisotopic (exact) mass is 227 g/mol. The molecule has 1 aromatic heterocycles. The number of hydrogen-bond donors (Lipinski definition) is 3. The van der Waals surface area contributed by atoms with Gasteiger partial charge in [-0.2, -0.15) is 0 Å². The van der Waals surface area contributed by atoms with Gasteiger partial charge in [0.1, 0.15) is 0 Å². The highest BCUT2D eigenvalue weighted by molar-refractivity contribution is 6.33. The summed E-state index contributed by atoms with van der Waals surface area (Å²) in [5, 5.41) is 14.7. The molecule has 2 rings (SSSR count). The summed E-state index contributed by atoms with van der Waals surface area (Å²) in [4.78, 5) is 10.7. The van der Waals surface area contributed by atoms with Crippen LogP contribution in [0.15, 0.2) is 27.4 Å². The molecule has 0 bridgehead atoms. The molecule has 15 heavy (non-hydrogen) atoms. The minimum Gasteiger partial charge on any atom is -0.388 e. The van der Waals surface area contributed by atoms with Gasteiger partial charge in [0, 0.05) is 0 Å². The first-order valence-electron chi connectivity index (χ1n) is 3.96. The molecule has 0 aliphatic carbocycles. The van der Waals surface area contributed by atoms with Crippen LogP contribution < -0.4 is 11.2 Å². The van der Waals surface area contributed by atoms with Crippen LogP contribution in [0.1, 0.15) is 0 Å². The molecule has 0 aliphatic heterocycles. The third-order valence-electron chi connectivity index (χ3n) is 1.77. The summed E-state index contributed by atoms with van der Waals surface area (Å²) in [7, 11) is 0. The number of aromatic nitrogens is 2. The van der Waals surface area contributed by atoms with E-state index in [2.05, 4.69) is 10.2 Å². The molecule has 7 heteroatoms. The highest BCUT2D eigenvalue weighted by Gasteiger charge is 2.09. The maximum absolute atomic E-state index is 10.7. The maximum atomic E-state index is 10.7. The van der Waals surface area contributed by atoms with Crippen LogP contribution in [-0.4, -0.2) is 15.4 Å². The van der Waals surface area contributed by atoms with Crippen LogP contribution in [0, 0.1) is 0 Å². The zero-order valence-electron chi connectivity index (χ0n) is 7.32. The highest BCUT2D eigenvalue weighted by atomic mass is 35.5. The van der Waals surface area contributed by atoms with Crippen molar-refractivity contribution in [3.63, 3.8) is 0 Å². The van der Waals surface area contributed by atoms with Crippen LogP contribution in [0.25, 0.3) is 11.5 Å². The van der Waals surface area contributed by atoms with E-state index in [9.17, 15) is 4.79 Å². The quantitative estimate of drug-likeness (QED) is 0.676. The number of halogens is 1. The number of anilines is 1. The van der Waals surface area contributed by atoms with Gasteiger partial charge in [0.25, 0.3) is 5.89 Å². The van der Waals surface area contributed by atoms with Crippen LogP contribution in [0.5, 0.6) is 0 Å². The summed E-state index contributed by atoms with van der Waals surface area (Å²) >= 11 is 5.88. The van der Waals surface area contributed by atoms with Crippen LogP contribution >= 0.6 is 11.6 Å². The third-order valence-corrected chi connectivity index (χ3v) is 2.08. The first kappa shape index (κ1) is 9.75. The molecular weight excluding hydrogens is 222 g/mol. The van der Waals surface area contributed by atoms with Gasteiger partial charge < -0.3 is 4.42 Å². The second kappa shape index (κ2) is 3.76. The number of benzene rings is 1. The lowest BCUT2D eigenvalue weighted by Crippen LogP contribution is -1.93. The van der Waals surface area contributed by atoms with Crippen molar-refractivity contribution in [2.45, 2.75) is 0 Å². The largest absolute Gasteiger partial charge is 0.434 e. The average Bonchev–Trinajstić information content (AvgIpc) is 2.64. The number of rotatable bonds is 2. The van der Waals surface area contributed by atoms with E-state index < -0.39 is 5.76 Å². The van der Waals surface area contributed by atoms with Crippen molar-refractivity contribution < 1.29 is 9.62 Å². The summed E-state index contributed by atoms with van der Waals surface area (Å²) < 4.78 is 4.73. The molecule has 1 aromatic carbocycles. The number of hydrogen-bond acceptors (Lipinski definition) is 5. The molecule has 1 heterocycles. The lowest BCUT2D eigenvalue weighted by molar-refractivity contribution is 0.389. The average molecular weight is 228 g/mol. The van der Waals surface area contributed by atoms with Crippen molar-refractivity contribution in [2.24, 2.45) is 0 Å². The number of H-pyrrole nitrogens is 1. The molecule has 2 aromatic rings. The van der Waals surface area contributed by atoms with Gasteiger partial charge in [-0.25, -0.2) is 9.89 Å². The molecule has 3 N–H and O–H groups in total. The molecule has 0 spiro atoms. The first-order chi connectivity index (χ1) is 7.20. The van der Waals surface area contributed by atoms with Crippen molar-refractivity contribution in [1.29, 1.82) is 0 Å². The van der Waals surface area contributed by atoms with Gasteiger partial charge in [0.15, 0.2) is 0 Å². The predicted octanol–water partition coefficient (Wildman–Crippen LogP) is 1.48.